The Morgan fingerprint density at radius 1 is 0.714 bits per heavy atom. The Hall–Kier alpha value is -3.26. The van der Waals surface area contributed by atoms with Crippen LogP contribution in [0.15, 0.2) is 103 Å². The number of nitrogens with two attached hydrogens (primary N) is 2. The van der Waals surface area contributed by atoms with Gasteiger partial charge in [-0.3, -0.25) is 0 Å². The number of rotatable bonds is 5. The summed E-state index contributed by atoms with van der Waals surface area (Å²) in [5.74, 6) is 0. The van der Waals surface area contributed by atoms with Gasteiger partial charge < -0.3 is 11.5 Å². The SMILES string of the molecule is Nc1ccc(CC2=CCC(Cc3ccc(N)cc3)(c3ccccc3)C=C2)cc1. The van der Waals surface area contributed by atoms with Crippen LogP contribution in [-0.4, -0.2) is 0 Å². The predicted octanol–water partition coefficient (Wildman–Crippen LogP) is 5.46. The summed E-state index contributed by atoms with van der Waals surface area (Å²) in [5, 5.41) is 0. The van der Waals surface area contributed by atoms with Crippen LogP contribution in [0.5, 0.6) is 0 Å². The molecule has 4 rings (SSSR count). The Morgan fingerprint density at radius 3 is 1.89 bits per heavy atom. The summed E-state index contributed by atoms with van der Waals surface area (Å²) in [4.78, 5) is 0. The van der Waals surface area contributed by atoms with Gasteiger partial charge in [-0.15, -0.1) is 0 Å². The van der Waals surface area contributed by atoms with Gasteiger partial charge in [-0.1, -0.05) is 72.8 Å². The average molecular weight is 367 g/mol. The van der Waals surface area contributed by atoms with Gasteiger partial charge in [0.05, 0.1) is 0 Å². The zero-order valence-electron chi connectivity index (χ0n) is 16.0. The van der Waals surface area contributed by atoms with Crippen LogP contribution >= 0.6 is 0 Å². The van der Waals surface area contributed by atoms with Crippen molar-refractivity contribution >= 4 is 11.4 Å². The molecule has 1 aliphatic rings. The molecular weight excluding hydrogens is 340 g/mol. The molecule has 2 heteroatoms. The third-order valence-electron chi connectivity index (χ3n) is 5.58. The normalized spacial score (nSPS) is 18.6. The molecule has 140 valence electrons. The van der Waals surface area contributed by atoms with Gasteiger partial charge in [0.1, 0.15) is 0 Å². The number of allylic oxidation sites excluding steroid dienone is 4. The van der Waals surface area contributed by atoms with Crippen LogP contribution < -0.4 is 11.5 Å². The van der Waals surface area contributed by atoms with Crippen LogP contribution in [0.2, 0.25) is 0 Å². The second-order valence-electron chi connectivity index (χ2n) is 7.68. The van der Waals surface area contributed by atoms with E-state index in [1.807, 2.05) is 24.3 Å². The number of hydrogen-bond acceptors (Lipinski definition) is 2. The van der Waals surface area contributed by atoms with Crippen LogP contribution in [0.25, 0.3) is 0 Å². The molecule has 0 spiro atoms. The van der Waals surface area contributed by atoms with Crippen molar-refractivity contribution in [3.05, 3.63) is 119 Å². The molecule has 0 aliphatic heterocycles. The van der Waals surface area contributed by atoms with Gasteiger partial charge in [0.15, 0.2) is 0 Å². The summed E-state index contributed by atoms with van der Waals surface area (Å²) in [7, 11) is 0. The minimum Gasteiger partial charge on any atom is -0.399 e. The van der Waals surface area contributed by atoms with Crippen molar-refractivity contribution in [2.45, 2.75) is 24.7 Å². The van der Waals surface area contributed by atoms with Gasteiger partial charge in [-0.2, -0.15) is 0 Å². The van der Waals surface area contributed by atoms with Crippen molar-refractivity contribution in [1.82, 2.24) is 0 Å². The average Bonchev–Trinajstić information content (AvgIpc) is 2.74. The van der Waals surface area contributed by atoms with Gasteiger partial charge in [-0.05, 0) is 65.8 Å². The van der Waals surface area contributed by atoms with Crippen molar-refractivity contribution in [3.63, 3.8) is 0 Å². The lowest BCUT2D eigenvalue weighted by atomic mass is 9.70. The van der Waals surface area contributed by atoms with Crippen LogP contribution in [0.1, 0.15) is 23.1 Å². The maximum absolute atomic E-state index is 5.87. The molecule has 0 fully saturated rings. The third kappa shape index (κ3) is 4.01. The lowest BCUT2D eigenvalue weighted by Gasteiger charge is -2.33. The molecule has 4 N–H and O–H groups in total. The minimum absolute atomic E-state index is 0.0258. The van der Waals surface area contributed by atoms with Crippen LogP contribution in [0.3, 0.4) is 0 Å². The molecule has 1 aliphatic carbocycles. The van der Waals surface area contributed by atoms with Gasteiger partial charge in [0, 0.05) is 16.8 Å². The molecule has 0 amide bonds. The van der Waals surface area contributed by atoms with E-state index in [0.29, 0.717) is 0 Å². The molecule has 0 aromatic heterocycles. The second kappa shape index (κ2) is 7.77. The van der Waals surface area contributed by atoms with E-state index in [0.717, 1.165) is 30.6 Å². The molecule has 1 unspecified atom stereocenters. The fraction of sp³-hybridized carbons (Fsp3) is 0.154. The zero-order valence-corrected chi connectivity index (χ0v) is 16.0. The number of anilines is 2. The first-order chi connectivity index (χ1) is 13.6. The number of nitrogen functional groups attached to an aromatic ring is 2. The summed E-state index contributed by atoms with van der Waals surface area (Å²) in [5.41, 5.74) is 18.6. The monoisotopic (exact) mass is 366 g/mol. The molecule has 0 heterocycles. The van der Waals surface area contributed by atoms with Crippen molar-refractivity contribution in [2.24, 2.45) is 0 Å². The molecule has 3 aromatic rings. The summed E-state index contributed by atoms with van der Waals surface area (Å²) in [6, 6.07) is 27.2. The number of hydrogen-bond donors (Lipinski definition) is 2. The maximum atomic E-state index is 5.87. The quantitative estimate of drug-likeness (QED) is 0.589. The summed E-state index contributed by atoms with van der Waals surface area (Å²) in [6.45, 7) is 0. The van der Waals surface area contributed by atoms with Crippen molar-refractivity contribution < 1.29 is 0 Å². The Morgan fingerprint density at radius 2 is 1.32 bits per heavy atom. The molecule has 0 radical (unpaired) electrons. The predicted molar refractivity (Wildman–Crippen MR) is 119 cm³/mol. The fourth-order valence-corrected chi connectivity index (χ4v) is 3.94. The van der Waals surface area contributed by atoms with Gasteiger partial charge in [-0.25, -0.2) is 0 Å². The summed E-state index contributed by atoms with van der Waals surface area (Å²) < 4.78 is 0. The van der Waals surface area contributed by atoms with Crippen LogP contribution in [0, 0.1) is 0 Å². The first-order valence-electron chi connectivity index (χ1n) is 9.76. The maximum Gasteiger partial charge on any atom is 0.0314 e. The Labute approximate surface area is 167 Å². The van der Waals surface area contributed by atoms with E-state index in [2.05, 4.69) is 72.8 Å². The fourth-order valence-electron chi connectivity index (χ4n) is 3.94. The first kappa shape index (κ1) is 18.1. The van der Waals surface area contributed by atoms with Gasteiger partial charge in [0.2, 0.25) is 0 Å². The Kier molecular flexibility index (Phi) is 5.03. The van der Waals surface area contributed by atoms with Crippen molar-refractivity contribution in [1.29, 1.82) is 0 Å². The van der Waals surface area contributed by atoms with Crippen LogP contribution in [-0.2, 0) is 18.3 Å². The van der Waals surface area contributed by atoms with Gasteiger partial charge in [0.25, 0.3) is 0 Å². The molecule has 3 aromatic carbocycles. The molecule has 1 atom stereocenters. The molecular formula is C26H26N2. The van der Waals surface area contributed by atoms with E-state index in [9.17, 15) is 0 Å². The van der Waals surface area contributed by atoms with E-state index in [1.165, 1.54) is 22.3 Å². The molecule has 0 bridgehead atoms. The highest BCUT2D eigenvalue weighted by Gasteiger charge is 2.30. The standard InChI is InChI=1S/C26H26N2/c27-24-10-6-20(7-11-24)18-21-14-16-26(17-15-21,23-4-2-1-3-5-23)19-22-8-12-25(28)13-9-22/h1-16H,17-19,27-28H2. The van der Waals surface area contributed by atoms with E-state index in [4.69, 9.17) is 11.5 Å². The van der Waals surface area contributed by atoms with Crippen molar-refractivity contribution in [3.8, 4) is 0 Å². The number of benzene rings is 3. The Bertz CT molecular complexity index is 983. The third-order valence-corrected chi connectivity index (χ3v) is 5.58. The Balaban J connectivity index is 1.59. The first-order valence-corrected chi connectivity index (χ1v) is 9.76. The lowest BCUT2D eigenvalue weighted by molar-refractivity contribution is 0.531. The van der Waals surface area contributed by atoms with E-state index in [1.54, 1.807) is 0 Å². The largest absolute Gasteiger partial charge is 0.399 e. The molecule has 28 heavy (non-hydrogen) atoms. The molecule has 0 saturated heterocycles. The highest BCUT2D eigenvalue weighted by atomic mass is 14.5. The second-order valence-corrected chi connectivity index (χ2v) is 7.68. The summed E-state index contributed by atoms with van der Waals surface area (Å²) in [6.07, 6.45) is 9.96. The zero-order chi connectivity index (χ0) is 19.4. The minimum atomic E-state index is -0.0258. The van der Waals surface area contributed by atoms with E-state index < -0.39 is 0 Å². The smallest absolute Gasteiger partial charge is 0.0314 e. The highest BCUT2D eigenvalue weighted by molar-refractivity contribution is 5.46. The van der Waals surface area contributed by atoms with Crippen LogP contribution in [0.4, 0.5) is 11.4 Å². The topological polar surface area (TPSA) is 52.0 Å². The van der Waals surface area contributed by atoms with Gasteiger partial charge >= 0.3 is 0 Å². The molecule has 0 saturated carbocycles. The van der Waals surface area contributed by atoms with Crippen molar-refractivity contribution in [2.75, 3.05) is 11.5 Å². The molecule has 2 nitrogen and oxygen atoms in total. The van der Waals surface area contributed by atoms with E-state index in [-0.39, 0.29) is 5.41 Å². The summed E-state index contributed by atoms with van der Waals surface area (Å²) >= 11 is 0. The highest BCUT2D eigenvalue weighted by Crippen LogP contribution is 2.38. The van der Waals surface area contributed by atoms with E-state index >= 15 is 0 Å². The lowest BCUT2D eigenvalue weighted by Crippen LogP contribution is -2.28.